The van der Waals surface area contributed by atoms with Gasteiger partial charge in [0.1, 0.15) is 0 Å². The van der Waals surface area contributed by atoms with E-state index in [0.717, 1.165) is 5.66 Å². The third-order valence-electron chi connectivity index (χ3n) is 3.45. The quantitative estimate of drug-likeness (QED) is 0.659. The molecule has 0 heterocycles. The van der Waals surface area contributed by atoms with Crippen molar-refractivity contribution >= 4 is 13.2 Å². The molecule has 0 saturated heterocycles. The van der Waals surface area contributed by atoms with Crippen LogP contribution in [0.25, 0.3) is 0 Å². The Hall–Kier alpha value is -0.350. The molecular weight excluding hydrogens is 211 g/mol. The van der Waals surface area contributed by atoms with Gasteiger partial charge in [-0.1, -0.05) is 71.9 Å². The highest BCUT2D eigenvalue weighted by Gasteiger charge is 2.34. The summed E-state index contributed by atoms with van der Waals surface area (Å²) in [6, 6.07) is 11.2. The van der Waals surface area contributed by atoms with E-state index in [1.54, 1.807) is 5.30 Å². The Morgan fingerprint density at radius 2 is 1.56 bits per heavy atom. The summed E-state index contributed by atoms with van der Waals surface area (Å²) < 4.78 is 0. The summed E-state index contributed by atoms with van der Waals surface area (Å²) in [5, 5.41) is 2.06. The predicted octanol–water partition coefficient (Wildman–Crippen LogP) is 4.53. The molecule has 1 aliphatic carbocycles. The number of hydrogen-bond acceptors (Lipinski definition) is 0. The lowest BCUT2D eigenvalue weighted by molar-refractivity contribution is 0.758. The Morgan fingerprint density at radius 1 is 1.00 bits per heavy atom. The molecule has 0 bridgehead atoms. The third kappa shape index (κ3) is 2.66. The van der Waals surface area contributed by atoms with Crippen LogP contribution in [0.4, 0.5) is 0 Å². The highest BCUT2D eigenvalue weighted by Crippen LogP contribution is 2.56. The first-order valence-electron chi connectivity index (χ1n) is 6.43. The zero-order chi connectivity index (χ0) is 11.6. The minimum Gasteiger partial charge on any atom is -0.0666 e. The molecule has 0 aliphatic heterocycles. The maximum absolute atomic E-state index is 2.42. The van der Waals surface area contributed by atoms with Crippen LogP contribution in [-0.2, 0) is 0 Å². The first-order valence-corrected chi connectivity index (χ1v) is 7.84. The Bertz CT molecular complexity index is 317. The summed E-state index contributed by atoms with van der Waals surface area (Å²) >= 11 is 0. The fourth-order valence-corrected chi connectivity index (χ4v) is 6.56. The van der Waals surface area contributed by atoms with Crippen LogP contribution in [0, 0.1) is 0 Å². The van der Waals surface area contributed by atoms with Gasteiger partial charge in [-0.15, -0.1) is 0 Å². The Kier molecular flexibility index (Phi) is 3.70. The highest BCUT2D eigenvalue weighted by atomic mass is 31.1. The normalized spacial score (nSPS) is 19.9. The molecule has 1 aromatic rings. The van der Waals surface area contributed by atoms with Crippen molar-refractivity contribution in [3.63, 3.8) is 0 Å². The lowest BCUT2D eigenvalue weighted by Crippen LogP contribution is -2.25. The molecule has 0 radical (unpaired) electrons. The van der Waals surface area contributed by atoms with E-state index < -0.39 is 0 Å². The summed E-state index contributed by atoms with van der Waals surface area (Å²) in [7, 11) is 0.00206. The van der Waals surface area contributed by atoms with E-state index in [4.69, 9.17) is 0 Å². The molecule has 1 aliphatic rings. The number of rotatable bonds is 2. The van der Waals surface area contributed by atoms with Gasteiger partial charge in [0.05, 0.1) is 0 Å². The highest BCUT2D eigenvalue weighted by molar-refractivity contribution is 7.67. The molecule has 1 aromatic carbocycles. The van der Waals surface area contributed by atoms with Crippen LogP contribution in [0.1, 0.15) is 46.5 Å². The SMILES string of the molecule is CC(C)(C)P(c1ccccc1)C1CCCC1. The minimum atomic E-state index is 0.00206. The van der Waals surface area contributed by atoms with Gasteiger partial charge in [-0.3, -0.25) is 0 Å². The molecule has 88 valence electrons. The van der Waals surface area contributed by atoms with Crippen LogP contribution < -0.4 is 5.30 Å². The topological polar surface area (TPSA) is 0 Å². The first kappa shape index (κ1) is 12.1. The molecule has 0 spiro atoms. The standard InChI is InChI=1S/C15H23P/c1-15(2,3)16(14-11-7-8-12-14)13-9-5-4-6-10-13/h4-6,9-10,14H,7-8,11-12H2,1-3H3. The molecule has 1 saturated carbocycles. The van der Waals surface area contributed by atoms with Crippen LogP contribution in [0.2, 0.25) is 0 Å². The van der Waals surface area contributed by atoms with E-state index in [1.165, 1.54) is 25.7 Å². The van der Waals surface area contributed by atoms with Crippen molar-refractivity contribution in [1.82, 2.24) is 0 Å². The Morgan fingerprint density at radius 3 is 2.06 bits per heavy atom. The van der Waals surface area contributed by atoms with Crippen molar-refractivity contribution < 1.29 is 0 Å². The zero-order valence-corrected chi connectivity index (χ0v) is 11.6. The van der Waals surface area contributed by atoms with Crippen molar-refractivity contribution in [3.05, 3.63) is 30.3 Å². The average Bonchev–Trinajstić information content (AvgIpc) is 2.71. The van der Waals surface area contributed by atoms with Gasteiger partial charge in [-0.2, -0.15) is 0 Å². The maximum atomic E-state index is 2.42. The fourth-order valence-electron chi connectivity index (χ4n) is 2.90. The van der Waals surface area contributed by atoms with Gasteiger partial charge < -0.3 is 0 Å². The summed E-state index contributed by atoms with van der Waals surface area (Å²) in [5.74, 6) is 0. The number of benzene rings is 1. The number of hydrogen-bond donors (Lipinski definition) is 0. The molecule has 1 unspecified atom stereocenters. The monoisotopic (exact) mass is 234 g/mol. The minimum absolute atomic E-state index is 0.00206. The largest absolute Gasteiger partial charge is 0.0666 e. The second-order valence-electron chi connectivity index (χ2n) is 5.81. The van der Waals surface area contributed by atoms with E-state index in [1.807, 2.05) is 0 Å². The lowest BCUT2D eigenvalue weighted by Gasteiger charge is -2.36. The Labute approximate surface area is 101 Å². The van der Waals surface area contributed by atoms with Crippen LogP contribution in [-0.4, -0.2) is 10.8 Å². The second kappa shape index (κ2) is 4.88. The van der Waals surface area contributed by atoms with Crippen LogP contribution in [0.5, 0.6) is 0 Å². The predicted molar refractivity (Wildman–Crippen MR) is 75.0 cm³/mol. The van der Waals surface area contributed by atoms with Gasteiger partial charge in [0.2, 0.25) is 0 Å². The van der Waals surface area contributed by atoms with Gasteiger partial charge in [0.15, 0.2) is 0 Å². The molecule has 0 aromatic heterocycles. The van der Waals surface area contributed by atoms with Gasteiger partial charge in [-0.25, -0.2) is 0 Å². The lowest BCUT2D eigenvalue weighted by atomic mass is 10.2. The van der Waals surface area contributed by atoms with Gasteiger partial charge in [0, 0.05) is 0 Å². The second-order valence-corrected chi connectivity index (χ2v) is 9.14. The first-order chi connectivity index (χ1) is 7.59. The molecule has 1 fully saturated rings. The molecule has 0 amide bonds. The van der Waals surface area contributed by atoms with E-state index >= 15 is 0 Å². The van der Waals surface area contributed by atoms with Gasteiger partial charge in [0.25, 0.3) is 0 Å². The summed E-state index contributed by atoms with van der Waals surface area (Å²) in [6.07, 6.45) is 5.81. The maximum Gasteiger partial charge on any atom is -0.0137 e. The van der Waals surface area contributed by atoms with Crippen molar-refractivity contribution in [2.45, 2.75) is 57.3 Å². The van der Waals surface area contributed by atoms with Crippen LogP contribution in [0.15, 0.2) is 30.3 Å². The molecule has 16 heavy (non-hydrogen) atoms. The van der Waals surface area contributed by atoms with Crippen LogP contribution >= 0.6 is 7.92 Å². The van der Waals surface area contributed by atoms with E-state index in [-0.39, 0.29) is 7.92 Å². The van der Waals surface area contributed by atoms with Crippen LogP contribution in [0.3, 0.4) is 0 Å². The molecule has 1 heteroatoms. The molecule has 0 nitrogen and oxygen atoms in total. The third-order valence-corrected chi connectivity index (χ3v) is 6.99. The summed E-state index contributed by atoms with van der Waals surface area (Å²) in [4.78, 5) is 0. The smallest absolute Gasteiger partial charge is 0.0137 e. The molecule has 1 atom stereocenters. The summed E-state index contributed by atoms with van der Waals surface area (Å²) in [5.41, 5.74) is 0.970. The van der Waals surface area contributed by atoms with E-state index in [0.29, 0.717) is 5.16 Å². The van der Waals surface area contributed by atoms with Gasteiger partial charge >= 0.3 is 0 Å². The average molecular weight is 234 g/mol. The molecule has 2 rings (SSSR count). The Balaban J connectivity index is 2.28. The fraction of sp³-hybridized carbons (Fsp3) is 0.600. The molecule has 0 N–H and O–H groups in total. The zero-order valence-electron chi connectivity index (χ0n) is 10.7. The van der Waals surface area contributed by atoms with Crippen molar-refractivity contribution in [1.29, 1.82) is 0 Å². The van der Waals surface area contributed by atoms with Gasteiger partial charge in [-0.05, 0) is 29.0 Å². The van der Waals surface area contributed by atoms with Crippen molar-refractivity contribution in [3.8, 4) is 0 Å². The molecular formula is C15H23P. The van der Waals surface area contributed by atoms with E-state index in [2.05, 4.69) is 51.1 Å². The summed E-state index contributed by atoms with van der Waals surface area (Å²) in [6.45, 7) is 7.26. The van der Waals surface area contributed by atoms with E-state index in [9.17, 15) is 0 Å². The van der Waals surface area contributed by atoms with Crippen molar-refractivity contribution in [2.75, 3.05) is 0 Å². The van der Waals surface area contributed by atoms with Crippen molar-refractivity contribution in [2.24, 2.45) is 0 Å².